The SMILES string of the molecule is CC(C(=O)N(C)CCC#N)N1CCC(C(=O)N2CCCC2)CC1. The average molecular weight is 320 g/mol. The molecule has 6 nitrogen and oxygen atoms in total. The Morgan fingerprint density at radius 2 is 1.83 bits per heavy atom. The largest absolute Gasteiger partial charge is 0.343 e. The second kappa shape index (κ2) is 8.30. The molecule has 2 saturated heterocycles. The van der Waals surface area contributed by atoms with Crippen molar-refractivity contribution in [2.45, 2.75) is 45.1 Å². The van der Waals surface area contributed by atoms with Crippen LogP contribution in [0.4, 0.5) is 0 Å². The third-order valence-electron chi connectivity index (χ3n) is 5.14. The predicted molar refractivity (Wildman–Crippen MR) is 87.4 cm³/mol. The summed E-state index contributed by atoms with van der Waals surface area (Å²) >= 11 is 0. The predicted octanol–water partition coefficient (Wildman–Crippen LogP) is 1.08. The van der Waals surface area contributed by atoms with Crippen molar-refractivity contribution in [2.75, 3.05) is 39.8 Å². The molecular weight excluding hydrogens is 292 g/mol. The third-order valence-corrected chi connectivity index (χ3v) is 5.14. The number of piperidine rings is 1. The Morgan fingerprint density at radius 1 is 1.22 bits per heavy atom. The van der Waals surface area contributed by atoms with Crippen LogP contribution in [0.2, 0.25) is 0 Å². The van der Waals surface area contributed by atoms with Crippen LogP contribution in [-0.4, -0.2) is 72.3 Å². The smallest absolute Gasteiger partial charge is 0.239 e. The van der Waals surface area contributed by atoms with Crippen molar-refractivity contribution in [3.63, 3.8) is 0 Å². The molecule has 0 aliphatic carbocycles. The number of likely N-dealkylation sites (tertiary alicyclic amines) is 2. The van der Waals surface area contributed by atoms with E-state index in [1.54, 1.807) is 11.9 Å². The molecule has 128 valence electrons. The Kier molecular flexibility index (Phi) is 6.40. The lowest BCUT2D eigenvalue weighted by Gasteiger charge is -2.37. The first kappa shape index (κ1) is 17.7. The van der Waals surface area contributed by atoms with Gasteiger partial charge in [0.25, 0.3) is 0 Å². The van der Waals surface area contributed by atoms with Crippen LogP contribution in [0.15, 0.2) is 0 Å². The van der Waals surface area contributed by atoms with E-state index in [0.717, 1.165) is 51.9 Å². The molecule has 2 fully saturated rings. The minimum atomic E-state index is -0.179. The summed E-state index contributed by atoms with van der Waals surface area (Å²) in [6.45, 7) is 5.82. The van der Waals surface area contributed by atoms with Gasteiger partial charge in [0, 0.05) is 32.6 Å². The first-order valence-electron chi connectivity index (χ1n) is 8.69. The lowest BCUT2D eigenvalue weighted by Crippen LogP contribution is -2.50. The summed E-state index contributed by atoms with van der Waals surface area (Å²) in [4.78, 5) is 30.6. The van der Waals surface area contributed by atoms with Gasteiger partial charge < -0.3 is 9.80 Å². The van der Waals surface area contributed by atoms with Gasteiger partial charge in [0.05, 0.1) is 18.5 Å². The Balaban J connectivity index is 1.80. The van der Waals surface area contributed by atoms with Crippen molar-refractivity contribution in [3.05, 3.63) is 0 Å². The van der Waals surface area contributed by atoms with Gasteiger partial charge >= 0.3 is 0 Å². The van der Waals surface area contributed by atoms with Crippen LogP contribution in [0, 0.1) is 17.2 Å². The summed E-state index contributed by atoms with van der Waals surface area (Å²) in [7, 11) is 1.75. The van der Waals surface area contributed by atoms with E-state index in [-0.39, 0.29) is 17.9 Å². The highest BCUT2D eigenvalue weighted by atomic mass is 16.2. The van der Waals surface area contributed by atoms with E-state index in [4.69, 9.17) is 5.26 Å². The van der Waals surface area contributed by atoms with Crippen molar-refractivity contribution >= 4 is 11.8 Å². The highest BCUT2D eigenvalue weighted by molar-refractivity contribution is 5.81. The van der Waals surface area contributed by atoms with Crippen molar-refractivity contribution in [2.24, 2.45) is 5.92 Å². The third kappa shape index (κ3) is 4.44. The molecule has 6 heteroatoms. The monoisotopic (exact) mass is 320 g/mol. The molecule has 0 aromatic rings. The van der Waals surface area contributed by atoms with E-state index < -0.39 is 0 Å². The van der Waals surface area contributed by atoms with Crippen LogP contribution in [-0.2, 0) is 9.59 Å². The number of carbonyl (C=O) groups excluding carboxylic acids is 2. The molecule has 2 heterocycles. The highest BCUT2D eigenvalue weighted by Crippen LogP contribution is 2.23. The lowest BCUT2D eigenvalue weighted by molar-refractivity contribution is -0.138. The van der Waals surface area contributed by atoms with Gasteiger partial charge in [-0.05, 0) is 45.7 Å². The van der Waals surface area contributed by atoms with Crippen LogP contribution in [0.5, 0.6) is 0 Å². The van der Waals surface area contributed by atoms with E-state index in [9.17, 15) is 9.59 Å². The molecule has 1 unspecified atom stereocenters. The minimum absolute atomic E-state index is 0.0598. The molecule has 0 bridgehead atoms. The number of nitrogens with zero attached hydrogens (tertiary/aromatic N) is 4. The quantitative estimate of drug-likeness (QED) is 0.760. The number of likely N-dealkylation sites (N-methyl/N-ethyl adjacent to an activating group) is 1. The molecule has 2 rings (SSSR count). The number of rotatable bonds is 5. The van der Waals surface area contributed by atoms with Crippen LogP contribution < -0.4 is 0 Å². The number of hydrogen-bond donors (Lipinski definition) is 0. The summed E-state index contributed by atoms with van der Waals surface area (Å²) in [5.41, 5.74) is 0. The van der Waals surface area contributed by atoms with Crippen molar-refractivity contribution in [3.8, 4) is 6.07 Å². The Morgan fingerprint density at radius 3 is 2.39 bits per heavy atom. The van der Waals surface area contributed by atoms with Gasteiger partial charge in [0.15, 0.2) is 0 Å². The van der Waals surface area contributed by atoms with E-state index >= 15 is 0 Å². The second-order valence-corrected chi connectivity index (χ2v) is 6.69. The second-order valence-electron chi connectivity index (χ2n) is 6.69. The zero-order chi connectivity index (χ0) is 16.8. The molecule has 0 N–H and O–H groups in total. The van der Waals surface area contributed by atoms with Crippen molar-refractivity contribution in [1.82, 2.24) is 14.7 Å². The molecule has 23 heavy (non-hydrogen) atoms. The van der Waals surface area contributed by atoms with E-state index in [1.807, 2.05) is 11.8 Å². The minimum Gasteiger partial charge on any atom is -0.343 e. The van der Waals surface area contributed by atoms with E-state index in [0.29, 0.717) is 18.9 Å². The van der Waals surface area contributed by atoms with Gasteiger partial charge in [-0.25, -0.2) is 0 Å². The zero-order valence-electron chi connectivity index (χ0n) is 14.3. The van der Waals surface area contributed by atoms with Gasteiger partial charge in [0.2, 0.25) is 11.8 Å². The van der Waals surface area contributed by atoms with Crippen LogP contribution in [0.25, 0.3) is 0 Å². The molecule has 0 spiro atoms. The Bertz CT molecular complexity index is 460. The maximum atomic E-state index is 12.4. The molecule has 0 saturated carbocycles. The molecular formula is C17H28N4O2. The topological polar surface area (TPSA) is 67.6 Å². The van der Waals surface area contributed by atoms with Crippen LogP contribution in [0.3, 0.4) is 0 Å². The van der Waals surface area contributed by atoms with E-state index in [2.05, 4.69) is 11.0 Å². The van der Waals surface area contributed by atoms with Crippen LogP contribution >= 0.6 is 0 Å². The molecule has 0 radical (unpaired) electrons. The van der Waals surface area contributed by atoms with Gasteiger partial charge in [-0.3, -0.25) is 14.5 Å². The molecule has 2 aliphatic heterocycles. The fourth-order valence-electron chi connectivity index (χ4n) is 3.53. The first-order valence-corrected chi connectivity index (χ1v) is 8.69. The van der Waals surface area contributed by atoms with Crippen LogP contribution in [0.1, 0.15) is 39.0 Å². The molecule has 2 aliphatic rings. The van der Waals surface area contributed by atoms with Gasteiger partial charge in [-0.2, -0.15) is 5.26 Å². The molecule has 0 aromatic carbocycles. The number of carbonyl (C=O) groups is 2. The summed E-state index contributed by atoms with van der Waals surface area (Å²) < 4.78 is 0. The van der Waals surface area contributed by atoms with E-state index in [1.165, 1.54) is 0 Å². The van der Waals surface area contributed by atoms with Crippen molar-refractivity contribution < 1.29 is 9.59 Å². The lowest BCUT2D eigenvalue weighted by atomic mass is 9.94. The number of nitriles is 1. The van der Waals surface area contributed by atoms with Gasteiger partial charge in [-0.1, -0.05) is 0 Å². The number of hydrogen-bond acceptors (Lipinski definition) is 4. The fraction of sp³-hybridized carbons (Fsp3) is 0.824. The fourth-order valence-corrected chi connectivity index (χ4v) is 3.53. The summed E-state index contributed by atoms with van der Waals surface area (Å²) in [5.74, 6) is 0.500. The summed E-state index contributed by atoms with van der Waals surface area (Å²) in [6, 6.07) is 1.89. The summed E-state index contributed by atoms with van der Waals surface area (Å²) in [5, 5.41) is 8.62. The van der Waals surface area contributed by atoms with Gasteiger partial charge in [0.1, 0.15) is 0 Å². The maximum Gasteiger partial charge on any atom is 0.239 e. The maximum absolute atomic E-state index is 12.4. The molecule has 1 atom stereocenters. The highest BCUT2D eigenvalue weighted by Gasteiger charge is 2.33. The first-order chi connectivity index (χ1) is 11.0. The van der Waals surface area contributed by atoms with Crippen molar-refractivity contribution in [1.29, 1.82) is 5.26 Å². The zero-order valence-corrected chi connectivity index (χ0v) is 14.3. The molecule has 2 amide bonds. The molecule has 0 aromatic heterocycles. The standard InChI is InChI=1S/C17H28N4O2/c1-14(16(22)19(2)9-5-8-18)20-12-6-15(7-13-20)17(23)21-10-3-4-11-21/h14-15H,3-7,9-13H2,1-2H3. The summed E-state index contributed by atoms with van der Waals surface area (Å²) in [6.07, 6.45) is 4.31. The average Bonchev–Trinajstić information content (AvgIpc) is 3.12. The number of amides is 2. The Labute approximate surface area is 139 Å². The Hall–Kier alpha value is -1.61. The van der Waals surface area contributed by atoms with Gasteiger partial charge in [-0.15, -0.1) is 0 Å². The normalized spacial score (nSPS) is 21.0.